The van der Waals surface area contributed by atoms with Gasteiger partial charge in [-0.2, -0.15) is 4.68 Å². The maximum Gasteiger partial charge on any atom is 0.284 e. The summed E-state index contributed by atoms with van der Waals surface area (Å²) in [7, 11) is -4.01. The molecule has 1 heterocycles. The van der Waals surface area contributed by atoms with E-state index in [1.807, 2.05) is 31.2 Å². The number of hydrogen-bond donors (Lipinski definition) is 1. The van der Waals surface area contributed by atoms with E-state index in [1.165, 1.54) is 16.8 Å². The third-order valence-electron chi connectivity index (χ3n) is 4.45. The molecule has 0 amide bonds. The summed E-state index contributed by atoms with van der Waals surface area (Å²) >= 11 is 0.973. The predicted molar refractivity (Wildman–Crippen MR) is 118 cm³/mol. The van der Waals surface area contributed by atoms with Crippen molar-refractivity contribution < 1.29 is 13.3 Å². The minimum atomic E-state index is -4.01. The van der Waals surface area contributed by atoms with Gasteiger partial charge in [0.15, 0.2) is 0 Å². The van der Waals surface area contributed by atoms with Crippen LogP contribution < -0.4 is 4.72 Å². The van der Waals surface area contributed by atoms with E-state index in [1.54, 1.807) is 30.3 Å². The number of aromatic nitrogens is 4. The molecule has 1 aromatic heterocycles. The lowest BCUT2D eigenvalue weighted by Crippen LogP contribution is -2.13. The van der Waals surface area contributed by atoms with Gasteiger partial charge in [0.05, 0.1) is 20.4 Å². The molecule has 0 unspecified atom stereocenters. The zero-order valence-corrected chi connectivity index (χ0v) is 18.2. The highest BCUT2D eigenvalue weighted by Crippen LogP contribution is 2.36. The summed E-state index contributed by atoms with van der Waals surface area (Å²) in [6, 6.07) is 19.4. The molecule has 0 saturated carbocycles. The van der Waals surface area contributed by atoms with Gasteiger partial charge in [-0.1, -0.05) is 36.4 Å². The van der Waals surface area contributed by atoms with Crippen LogP contribution in [0.25, 0.3) is 5.69 Å². The molecule has 4 aromatic rings. The first-order valence-electron chi connectivity index (χ1n) is 9.24. The summed E-state index contributed by atoms with van der Waals surface area (Å²) in [6.07, 6.45) is 0. The van der Waals surface area contributed by atoms with Crippen molar-refractivity contribution in [2.24, 2.45) is 0 Å². The molecular weight excluding hydrogens is 452 g/mol. The standard InChI is InChI=1S/C20H16N6O4S2/c1-14-7-5-6-10-17(14)25-20(21-23-24-25)31-19-12-11-16(13-18(19)26(27)28)32(29,30)22-15-8-3-2-4-9-15/h2-13,22H,1H3. The van der Waals surface area contributed by atoms with E-state index < -0.39 is 14.9 Å². The van der Waals surface area contributed by atoms with Crippen molar-refractivity contribution >= 4 is 33.2 Å². The van der Waals surface area contributed by atoms with Crippen molar-refractivity contribution in [2.75, 3.05) is 4.72 Å². The van der Waals surface area contributed by atoms with Crippen molar-refractivity contribution in [1.29, 1.82) is 0 Å². The number of anilines is 1. The highest BCUT2D eigenvalue weighted by atomic mass is 32.2. The second-order valence-electron chi connectivity index (χ2n) is 6.62. The number of aryl methyl sites for hydroxylation is 1. The van der Waals surface area contributed by atoms with E-state index >= 15 is 0 Å². The second kappa shape index (κ2) is 8.77. The minimum absolute atomic E-state index is 0.207. The first kappa shape index (κ1) is 21.5. The fourth-order valence-corrected chi connectivity index (χ4v) is 4.85. The van der Waals surface area contributed by atoms with Crippen LogP contribution in [0, 0.1) is 17.0 Å². The highest BCUT2D eigenvalue weighted by molar-refractivity contribution is 7.99. The lowest BCUT2D eigenvalue weighted by Gasteiger charge is -2.10. The largest absolute Gasteiger partial charge is 0.284 e. The predicted octanol–water partition coefficient (Wildman–Crippen LogP) is 3.83. The number of benzene rings is 3. The van der Waals surface area contributed by atoms with Gasteiger partial charge in [-0.15, -0.1) is 5.10 Å². The van der Waals surface area contributed by atoms with Gasteiger partial charge in [-0.3, -0.25) is 14.8 Å². The summed E-state index contributed by atoms with van der Waals surface area (Å²) in [5, 5.41) is 23.7. The minimum Gasteiger partial charge on any atom is -0.280 e. The van der Waals surface area contributed by atoms with Gasteiger partial charge in [0, 0.05) is 11.8 Å². The Kier molecular flexibility index (Phi) is 5.88. The third kappa shape index (κ3) is 4.45. The van der Waals surface area contributed by atoms with Crippen molar-refractivity contribution in [3.63, 3.8) is 0 Å². The zero-order valence-electron chi connectivity index (χ0n) is 16.6. The van der Waals surface area contributed by atoms with E-state index in [4.69, 9.17) is 0 Å². The number of rotatable bonds is 7. The Balaban J connectivity index is 1.68. The SMILES string of the molecule is Cc1ccccc1-n1nnnc1Sc1ccc(S(=O)(=O)Nc2ccccc2)cc1[N+](=O)[O-]. The van der Waals surface area contributed by atoms with Crippen molar-refractivity contribution in [1.82, 2.24) is 20.2 Å². The first-order valence-corrected chi connectivity index (χ1v) is 11.5. The Morgan fingerprint density at radius 3 is 2.47 bits per heavy atom. The molecule has 0 saturated heterocycles. The van der Waals surface area contributed by atoms with Crippen LogP contribution in [0.3, 0.4) is 0 Å². The fraction of sp³-hybridized carbons (Fsp3) is 0.0500. The molecule has 10 nitrogen and oxygen atoms in total. The van der Waals surface area contributed by atoms with E-state index in [-0.39, 0.29) is 15.5 Å². The number of nitrogens with one attached hydrogen (secondary N) is 1. The molecule has 0 spiro atoms. The summed E-state index contributed by atoms with van der Waals surface area (Å²) in [4.78, 5) is 11.1. The van der Waals surface area contributed by atoms with Gasteiger partial charge in [-0.05, 0) is 65.0 Å². The zero-order chi connectivity index (χ0) is 22.7. The van der Waals surface area contributed by atoms with Crippen LogP contribution in [-0.4, -0.2) is 33.5 Å². The molecule has 0 atom stereocenters. The van der Waals surface area contributed by atoms with Crippen LogP contribution >= 0.6 is 11.8 Å². The fourth-order valence-electron chi connectivity index (χ4n) is 2.91. The summed E-state index contributed by atoms with van der Waals surface area (Å²) < 4.78 is 29.3. The Labute approximate surface area is 187 Å². The van der Waals surface area contributed by atoms with Gasteiger partial charge >= 0.3 is 0 Å². The van der Waals surface area contributed by atoms with Crippen LogP contribution in [0.4, 0.5) is 11.4 Å². The van der Waals surface area contributed by atoms with E-state index in [2.05, 4.69) is 20.2 Å². The molecule has 0 fully saturated rings. The number of nitrogens with zero attached hydrogens (tertiary/aromatic N) is 5. The molecule has 0 aliphatic rings. The Bertz CT molecular complexity index is 1390. The quantitative estimate of drug-likeness (QED) is 0.320. The highest BCUT2D eigenvalue weighted by Gasteiger charge is 2.24. The van der Waals surface area contributed by atoms with Crippen LogP contribution in [-0.2, 0) is 10.0 Å². The number of para-hydroxylation sites is 2. The first-order chi connectivity index (χ1) is 15.3. The van der Waals surface area contributed by atoms with Crippen LogP contribution in [0.2, 0.25) is 0 Å². The van der Waals surface area contributed by atoms with Crippen LogP contribution in [0.1, 0.15) is 5.56 Å². The molecule has 3 aromatic carbocycles. The topological polar surface area (TPSA) is 133 Å². The number of tetrazole rings is 1. The Hall–Kier alpha value is -3.77. The summed E-state index contributed by atoms with van der Waals surface area (Å²) in [5.41, 5.74) is 1.63. The Morgan fingerprint density at radius 1 is 1.03 bits per heavy atom. The summed E-state index contributed by atoms with van der Waals surface area (Å²) in [5.74, 6) is 0. The molecule has 1 N–H and O–H groups in total. The molecule has 0 radical (unpaired) electrons. The maximum absolute atomic E-state index is 12.7. The van der Waals surface area contributed by atoms with Gasteiger partial charge in [-0.25, -0.2) is 8.42 Å². The van der Waals surface area contributed by atoms with Crippen LogP contribution in [0.15, 0.2) is 87.7 Å². The average Bonchev–Trinajstić information content (AvgIpc) is 3.22. The molecule has 0 aliphatic heterocycles. The third-order valence-corrected chi connectivity index (χ3v) is 6.83. The van der Waals surface area contributed by atoms with E-state index in [0.29, 0.717) is 10.8 Å². The molecule has 0 bridgehead atoms. The van der Waals surface area contributed by atoms with E-state index in [0.717, 1.165) is 29.1 Å². The van der Waals surface area contributed by atoms with Crippen LogP contribution in [0.5, 0.6) is 0 Å². The maximum atomic E-state index is 12.7. The lowest BCUT2D eigenvalue weighted by molar-refractivity contribution is -0.388. The molecule has 12 heteroatoms. The van der Waals surface area contributed by atoms with Crippen molar-refractivity contribution in [3.05, 3.63) is 88.5 Å². The van der Waals surface area contributed by atoms with Gasteiger partial charge in [0.1, 0.15) is 0 Å². The van der Waals surface area contributed by atoms with Gasteiger partial charge in [0.25, 0.3) is 15.7 Å². The van der Waals surface area contributed by atoms with E-state index in [9.17, 15) is 18.5 Å². The normalized spacial score (nSPS) is 11.3. The second-order valence-corrected chi connectivity index (χ2v) is 9.31. The number of nitro groups is 1. The Morgan fingerprint density at radius 2 is 1.75 bits per heavy atom. The summed E-state index contributed by atoms with van der Waals surface area (Å²) in [6.45, 7) is 1.90. The van der Waals surface area contributed by atoms with Crippen molar-refractivity contribution in [2.45, 2.75) is 21.9 Å². The molecular formula is C20H16N6O4S2. The molecule has 32 heavy (non-hydrogen) atoms. The average molecular weight is 469 g/mol. The van der Waals surface area contributed by atoms with Gasteiger partial charge < -0.3 is 0 Å². The van der Waals surface area contributed by atoms with Crippen molar-refractivity contribution in [3.8, 4) is 5.69 Å². The number of sulfonamides is 1. The smallest absolute Gasteiger partial charge is 0.280 e. The molecule has 162 valence electrons. The monoisotopic (exact) mass is 468 g/mol. The molecule has 0 aliphatic carbocycles. The number of nitro benzene ring substituents is 1. The van der Waals surface area contributed by atoms with Gasteiger partial charge in [0.2, 0.25) is 5.16 Å². The lowest BCUT2D eigenvalue weighted by atomic mass is 10.2. The number of hydrogen-bond acceptors (Lipinski definition) is 8. The molecule has 4 rings (SSSR count).